The molecular formula is C12H22N4OS. The highest BCUT2D eigenvalue weighted by Crippen LogP contribution is 2.20. The third-order valence-electron chi connectivity index (χ3n) is 3.14. The van der Waals surface area contributed by atoms with E-state index >= 15 is 0 Å². The molecule has 6 heteroatoms. The van der Waals surface area contributed by atoms with E-state index in [0.29, 0.717) is 5.92 Å². The molecule has 0 saturated carbocycles. The Morgan fingerprint density at radius 1 is 1.56 bits per heavy atom. The predicted molar refractivity (Wildman–Crippen MR) is 73.9 cm³/mol. The number of rotatable bonds is 6. The zero-order valence-corrected chi connectivity index (χ0v) is 12.0. The van der Waals surface area contributed by atoms with Crippen molar-refractivity contribution in [3.05, 3.63) is 5.69 Å². The maximum Gasteiger partial charge on any atom is 0.134 e. The fourth-order valence-electron chi connectivity index (χ4n) is 2.32. The summed E-state index contributed by atoms with van der Waals surface area (Å²) in [6, 6.07) is 0. The van der Waals surface area contributed by atoms with Gasteiger partial charge in [-0.05, 0) is 32.7 Å². The van der Waals surface area contributed by atoms with Crippen molar-refractivity contribution in [3.63, 3.8) is 0 Å². The van der Waals surface area contributed by atoms with Crippen LogP contribution in [0.1, 0.15) is 25.5 Å². The lowest BCUT2D eigenvalue weighted by Crippen LogP contribution is -2.30. The number of nitrogens with one attached hydrogen (secondary N) is 1. The van der Waals surface area contributed by atoms with Crippen LogP contribution >= 0.6 is 11.5 Å². The molecule has 0 radical (unpaired) electrons. The highest BCUT2D eigenvalue weighted by Gasteiger charge is 2.17. The fourth-order valence-corrected chi connectivity index (χ4v) is 2.96. The van der Waals surface area contributed by atoms with Crippen LogP contribution in [-0.2, 0) is 11.3 Å². The summed E-state index contributed by atoms with van der Waals surface area (Å²) in [4.78, 5) is 2.32. The van der Waals surface area contributed by atoms with Crippen LogP contribution in [0.4, 0.5) is 5.00 Å². The standard InChI is InChI=1S/C12H22N4OS/c1-3-13-12-11(14-15-18-12)8-16(2)7-10-5-4-6-17-9-10/h10,13H,3-9H2,1-2H3. The zero-order chi connectivity index (χ0) is 12.8. The lowest BCUT2D eigenvalue weighted by molar-refractivity contribution is 0.0410. The van der Waals surface area contributed by atoms with Gasteiger partial charge in [0, 0.05) is 37.8 Å². The van der Waals surface area contributed by atoms with Gasteiger partial charge in [0.05, 0.1) is 6.61 Å². The minimum atomic E-state index is 0.665. The molecule has 102 valence electrons. The number of nitrogens with zero attached hydrogens (tertiary/aromatic N) is 3. The van der Waals surface area contributed by atoms with Crippen molar-refractivity contribution in [3.8, 4) is 0 Å². The first-order chi connectivity index (χ1) is 8.79. The van der Waals surface area contributed by atoms with Crippen molar-refractivity contribution in [1.82, 2.24) is 14.5 Å². The Hall–Kier alpha value is -0.720. The smallest absolute Gasteiger partial charge is 0.134 e. The maximum absolute atomic E-state index is 5.52. The topological polar surface area (TPSA) is 50.3 Å². The molecule has 2 rings (SSSR count). The van der Waals surface area contributed by atoms with Crippen LogP contribution in [0.2, 0.25) is 0 Å². The highest BCUT2D eigenvalue weighted by molar-refractivity contribution is 7.10. The molecule has 0 bridgehead atoms. The summed E-state index contributed by atoms with van der Waals surface area (Å²) < 4.78 is 9.53. The second-order valence-electron chi connectivity index (χ2n) is 4.86. The summed E-state index contributed by atoms with van der Waals surface area (Å²) >= 11 is 1.44. The normalized spacial score (nSPS) is 20.3. The van der Waals surface area contributed by atoms with Gasteiger partial charge in [0.1, 0.15) is 10.7 Å². The van der Waals surface area contributed by atoms with Gasteiger partial charge >= 0.3 is 0 Å². The molecule has 1 N–H and O–H groups in total. The lowest BCUT2D eigenvalue weighted by Gasteiger charge is -2.26. The van der Waals surface area contributed by atoms with Crippen LogP contribution < -0.4 is 5.32 Å². The van der Waals surface area contributed by atoms with Crippen molar-refractivity contribution in [2.45, 2.75) is 26.3 Å². The summed E-state index contributed by atoms with van der Waals surface area (Å²) in [5, 5.41) is 8.61. The Kier molecular flexibility index (Phi) is 5.34. The Morgan fingerprint density at radius 2 is 2.44 bits per heavy atom. The van der Waals surface area contributed by atoms with Crippen LogP contribution in [0.5, 0.6) is 0 Å². The molecule has 1 fully saturated rings. The van der Waals surface area contributed by atoms with Gasteiger partial charge in [0.15, 0.2) is 0 Å². The van der Waals surface area contributed by atoms with Crippen LogP contribution in [0.25, 0.3) is 0 Å². The van der Waals surface area contributed by atoms with Gasteiger partial charge in [0.25, 0.3) is 0 Å². The Bertz CT molecular complexity index is 352. The molecule has 1 atom stereocenters. The van der Waals surface area contributed by atoms with Crippen molar-refractivity contribution in [2.24, 2.45) is 5.92 Å². The molecule has 5 nitrogen and oxygen atoms in total. The molecule has 0 spiro atoms. The molecule has 1 aromatic rings. The largest absolute Gasteiger partial charge is 0.381 e. The average molecular weight is 270 g/mol. The summed E-state index contributed by atoms with van der Waals surface area (Å²) in [7, 11) is 2.14. The molecule has 0 aromatic carbocycles. The van der Waals surface area contributed by atoms with Gasteiger partial charge in [-0.25, -0.2) is 0 Å². The summed E-state index contributed by atoms with van der Waals surface area (Å²) in [5.74, 6) is 0.665. The first kappa shape index (κ1) is 13.7. The van der Waals surface area contributed by atoms with E-state index in [9.17, 15) is 0 Å². The fraction of sp³-hybridized carbons (Fsp3) is 0.833. The Labute approximate surface area is 113 Å². The predicted octanol–water partition coefficient (Wildman–Crippen LogP) is 1.83. The average Bonchev–Trinajstić information content (AvgIpc) is 2.78. The minimum Gasteiger partial charge on any atom is -0.381 e. The third kappa shape index (κ3) is 3.90. The van der Waals surface area contributed by atoms with Crippen LogP contribution in [0.3, 0.4) is 0 Å². The molecule has 1 aromatic heterocycles. The monoisotopic (exact) mass is 270 g/mol. The zero-order valence-electron chi connectivity index (χ0n) is 11.2. The molecule has 0 aliphatic carbocycles. The van der Waals surface area contributed by atoms with Gasteiger partial charge in [0.2, 0.25) is 0 Å². The van der Waals surface area contributed by atoms with E-state index in [-0.39, 0.29) is 0 Å². The molecule has 1 saturated heterocycles. The van der Waals surface area contributed by atoms with Crippen molar-refractivity contribution < 1.29 is 4.74 Å². The van der Waals surface area contributed by atoms with Crippen molar-refractivity contribution >= 4 is 16.5 Å². The molecular weight excluding hydrogens is 248 g/mol. The Balaban J connectivity index is 1.82. The van der Waals surface area contributed by atoms with E-state index in [0.717, 1.165) is 43.5 Å². The Morgan fingerprint density at radius 3 is 3.17 bits per heavy atom. The molecule has 18 heavy (non-hydrogen) atoms. The van der Waals surface area contributed by atoms with E-state index in [2.05, 4.69) is 33.8 Å². The van der Waals surface area contributed by atoms with Gasteiger partial charge in [-0.3, -0.25) is 4.90 Å². The van der Waals surface area contributed by atoms with E-state index < -0.39 is 0 Å². The summed E-state index contributed by atoms with van der Waals surface area (Å²) in [6.45, 7) is 6.77. The summed E-state index contributed by atoms with van der Waals surface area (Å²) in [5.41, 5.74) is 1.06. The van der Waals surface area contributed by atoms with Crippen molar-refractivity contribution in [1.29, 1.82) is 0 Å². The van der Waals surface area contributed by atoms with Gasteiger partial charge in [-0.1, -0.05) is 4.49 Å². The van der Waals surface area contributed by atoms with E-state index in [1.165, 1.54) is 24.4 Å². The van der Waals surface area contributed by atoms with Crippen LogP contribution in [0, 0.1) is 5.92 Å². The number of ether oxygens (including phenoxy) is 1. The number of anilines is 1. The highest BCUT2D eigenvalue weighted by atomic mass is 32.1. The molecule has 1 unspecified atom stereocenters. The first-order valence-electron chi connectivity index (χ1n) is 6.61. The third-order valence-corrected chi connectivity index (χ3v) is 3.86. The molecule has 1 aliphatic rings. The second-order valence-corrected chi connectivity index (χ2v) is 5.61. The second kappa shape index (κ2) is 7.01. The maximum atomic E-state index is 5.52. The number of hydrogen-bond acceptors (Lipinski definition) is 6. The SMILES string of the molecule is CCNc1snnc1CN(C)CC1CCCOC1. The van der Waals surface area contributed by atoms with Crippen molar-refractivity contribution in [2.75, 3.05) is 38.7 Å². The van der Waals surface area contributed by atoms with E-state index in [1.807, 2.05) is 0 Å². The van der Waals surface area contributed by atoms with Gasteiger partial charge < -0.3 is 10.1 Å². The van der Waals surface area contributed by atoms with Crippen LogP contribution in [0.15, 0.2) is 0 Å². The minimum absolute atomic E-state index is 0.665. The van der Waals surface area contributed by atoms with E-state index in [1.54, 1.807) is 0 Å². The first-order valence-corrected chi connectivity index (χ1v) is 7.38. The molecule has 2 heterocycles. The molecule has 0 amide bonds. The quantitative estimate of drug-likeness (QED) is 0.854. The number of aromatic nitrogens is 2. The van der Waals surface area contributed by atoms with Crippen LogP contribution in [-0.4, -0.2) is 47.8 Å². The van der Waals surface area contributed by atoms with Gasteiger partial charge in [-0.2, -0.15) is 0 Å². The van der Waals surface area contributed by atoms with Gasteiger partial charge in [-0.15, -0.1) is 5.10 Å². The summed E-state index contributed by atoms with van der Waals surface area (Å²) in [6.07, 6.45) is 2.47. The van der Waals surface area contributed by atoms with E-state index in [4.69, 9.17) is 4.74 Å². The lowest BCUT2D eigenvalue weighted by atomic mass is 10.0. The number of hydrogen-bond donors (Lipinski definition) is 1. The molecule has 1 aliphatic heterocycles.